The van der Waals surface area contributed by atoms with Crippen LogP contribution in [0.4, 0.5) is 0 Å². The summed E-state index contributed by atoms with van der Waals surface area (Å²) in [5.74, 6) is 1.01. The van der Waals surface area contributed by atoms with Crippen LogP contribution in [-0.4, -0.2) is 21.9 Å². The van der Waals surface area contributed by atoms with E-state index in [1.54, 1.807) is 6.20 Å². The van der Waals surface area contributed by atoms with Crippen LogP contribution in [0, 0.1) is 5.41 Å². The van der Waals surface area contributed by atoms with Crippen molar-refractivity contribution >= 4 is 5.78 Å². The molecule has 2 N–H and O–H groups in total. The van der Waals surface area contributed by atoms with Crippen LogP contribution >= 0.6 is 0 Å². The molecular weight excluding hydrogens is 202 g/mol. The first-order valence-corrected chi connectivity index (χ1v) is 5.80. The topological polar surface area (TPSA) is 60.9 Å². The van der Waals surface area contributed by atoms with Crippen LogP contribution in [0.2, 0.25) is 0 Å². The Hall–Kier alpha value is -1.16. The zero-order valence-electron chi connectivity index (χ0n) is 10.4. The Balaban J connectivity index is 2.78. The number of nitrogens with zero attached hydrogens (tertiary/aromatic N) is 2. The molecule has 1 rings (SSSR count). The Labute approximate surface area is 96.9 Å². The van der Waals surface area contributed by atoms with Gasteiger partial charge in [-0.1, -0.05) is 13.8 Å². The summed E-state index contributed by atoms with van der Waals surface area (Å²) in [6.45, 7) is 7.20. The van der Waals surface area contributed by atoms with Gasteiger partial charge in [-0.05, 0) is 13.3 Å². The third kappa shape index (κ3) is 2.50. The lowest BCUT2D eigenvalue weighted by Crippen LogP contribution is -2.36. The van der Waals surface area contributed by atoms with Gasteiger partial charge in [0.15, 0.2) is 0 Å². The average Bonchev–Trinajstić information content (AvgIpc) is 2.75. The molecule has 1 unspecified atom stereocenters. The molecule has 0 saturated heterocycles. The first kappa shape index (κ1) is 12.9. The van der Waals surface area contributed by atoms with Gasteiger partial charge in [-0.15, -0.1) is 0 Å². The van der Waals surface area contributed by atoms with Crippen molar-refractivity contribution in [2.45, 2.75) is 40.2 Å². The third-order valence-corrected chi connectivity index (χ3v) is 3.37. The zero-order chi connectivity index (χ0) is 12.2. The lowest BCUT2D eigenvalue weighted by molar-refractivity contribution is -0.127. The highest BCUT2D eigenvalue weighted by molar-refractivity contribution is 5.86. The highest BCUT2D eigenvalue weighted by atomic mass is 16.1. The van der Waals surface area contributed by atoms with E-state index in [0.717, 1.165) is 18.8 Å². The van der Waals surface area contributed by atoms with E-state index in [0.29, 0.717) is 13.0 Å². The molecule has 16 heavy (non-hydrogen) atoms. The Morgan fingerprint density at radius 2 is 2.25 bits per heavy atom. The molecule has 4 nitrogen and oxygen atoms in total. The average molecular weight is 223 g/mol. The molecule has 1 aromatic rings. The molecule has 1 atom stereocenters. The number of nitrogens with two attached hydrogens (primary N) is 1. The molecule has 0 saturated carbocycles. The van der Waals surface area contributed by atoms with Gasteiger partial charge in [0.05, 0.1) is 6.42 Å². The summed E-state index contributed by atoms with van der Waals surface area (Å²) in [5.41, 5.74) is 5.26. The number of carbonyl (C=O) groups excluding carboxylic acids is 1. The maximum Gasteiger partial charge on any atom is 0.147 e. The van der Waals surface area contributed by atoms with Gasteiger partial charge in [0.25, 0.3) is 0 Å². The standard InChI is InChI=1S/C12H21N3O/c1-4-12(3,9-13)10(16)8-11-14-6-7-15(11)5-2/h6-7H,4-5,8-9,13H2,1-3H3. The lowest BCUT2D eigenvalue weighted by atomic mass is 9.81. The van der Waals surface area contributed by atoms with Gasteiger partial charge in [0.1, 0.15) is 11.6 Å². The van der Waals surface area contributed by atoms with E-state index in [1.807, 2.05) is 31.5 Å². The second-order valence-corrected chi connectivity index (χ2v) is 4.35. The molecule has 0 spiro atoms. The van der Waals surface area contributed by atoms with Gasteiger partial charge < -0.3 is 10.3 Å². The normalized spacial score (nSPS) is 14.8. The predicted molar refractivity (Wildman–Crippen MR) is 64.1 cm³/mol. The molecule has 0 radical (unpaired) electrons. The fraction of sp³-hybridized carbons (Fsp3) is 0.667. The van der Waals surface area contributed by atoms with Crippen LogP contribution in [0.1, 0.15) is 33.0 Å². The molecule has 0 aliphatic carbocycles. The predicted octanol–water partition coefficient (Wildman–Crippen LogP) is 1.39. The monoisotopic (exact) mass is 223 g/mol. The van der Waals surface area contributed by atoms with Crippen molar-refractivity contribution in [1.29, 1.82) is 0 Å². The van der Waals surface area contributed by atoms with Crippen molar-refractivity contribution < 1.29 is 4.79 Å². The van der Waals surface area contributed by atoms with Crippen molar-refractivity contribution in [2.75, 3.05) is 6.54 Å². The summed E-state index contributed by atoms with van der Waals surface area (Å²) >= 11 is 0. The molecule has 1 heterocycles. The van der Waals surface area contributed by atoms with Crippen molar-refractivity contribution in [3.63, 3.8) is 0 Å². The smallest absolute Gasteiger partial charge is 0.147 e. The maximum atomic E-state index is 12.1. The Morgan fingerprint density at radius 1 is 1.56 bits per heavy atom. The van der Waals surface area contributed by atoms with E-state index in [-0.39, 0.29) is 5.78 Å². The summed E-state index contributed by atoms with van der Waals surface area (Å²) in [6.07, 6.45) is 4.78. The minimum atomic E-state index is -0.412. The molecule has 0 fully saturated rings. The fourth-order valence-electron chi connectivity index (χ4n) is 1.61. The highest BCUT2D eigenvalue weighted by Gasteiger charge is 2.30. The fourth-order valence-corrected chi connectivity index (χ4v) is 1.61. The van der Waals surface area contributed by atoms with E-state index >= 15 is 0 Å². The molecule has 1 aromatic heterocycles. The van der Waals surface area contributed by atoms with Crippen molar-refractivity contribution in [2.24, 2.45) is 11.1 Å². The van der Waals surface area contributed by atoms with Gasteiger partial charge in [-0.25, -0.2) is 4.98 Å². The van der Waals surface area contributed by atoms with E-state index in [2.05, 4.69) is 4.98 Å². The van der Waals surface area contributed by atoms with Gasteiger partial charge in [-0.2, -0.15) is 0 Å². The summed E-state index contributed by atoms with van der Waals surface area (Å²) < 4.78 is 1.99. The van der Waals surface area contributed by atoms with Gasteiger partial charge in [0, 0.05) is 30.9 Å². The van der Waals surface area contributed by atoms with Crippen LogP contribution in [0.3, 0.4) is 0 Å². The molecule has 0 aliphatic heterocycles. The largest absolute Gasteiger partial charge is 0.335 e. The number of hydrogen-bond acceptors (Lipinski definition) is 3. The molecule has 0 aromatic carbocycles. The van der Waals surface area contributed by atoms with Gasteiger partial charge in [-0.3, -0.25) is 4.79 Å². The summed E-state index contributed by atoms with van der Waals surface area (Å²) in [6, 6.07) is 0. The number of aromatic nitrogens is 2. The molecule has 0 amide bonds. The SMILES string of the molecule is CCn1ccnc1CC(=O)C(C)(CC)CN. The van der Waals surface area contributed by atoms with Crippen LogP contribution in [-0.2, 0) is 17.8 Å². The van der Waals surface area contributed by atoms with Crippen molar-refractivity contribution in [3.05, 3.63) is 18.2 Å². The summed E-state index contributed by atoms with van der Waals surface area (Å²) in [5, 5.41) is 0. The number of aryl methyl sites for hydroxylation is 1. The lowest BCUT2D eigenvalue weighted by Gasteiger charge is -2.24. The molecular formula is C12H21N3O. The molecule has 0 aliphatic rings. The van der Waals surface area contributed by atoms with Crippen molar-refractivity contribution in [3.8, 4) is 0 Å². The van der Waals surface area contributed by atoms with Gasteiger partial charge >= 0.3 is 0 Å². The quantitative estimate of drug-likeness (QED) is 0.792. The maximum absolute atomic E-state index is 12.1. The van der Waals surface area contributed by atoms with Crippen LogP contribution in [0.15, 0.2) is 12.4 Å². The molecule has 0 bridgehead atoms. The Kier molecular flexibility index (Phi) is 4.24. The number of imidazole rings is 1. The molecule has 4 heteroatoms. The minimum Gasteiger partial charge on any atom is -0.335 e. The van der Waals surface area contributed by atoms with Crippen LogP contribution in [0.25, 0.3) is 0 Å². The number of hydrogen-bond donors (Lipinski definition) is 1. The summed E-state index contributed by atoms with van der Waals surface area (Å²) in [4.78, 5) is 16.3. The number of ketones is 1. The number of carbonyl (C=O) groups is 1. The first-order chi connectivity index (χ1) is 7.57. The Bertz CT molecular complexity index is 353. The first-order valence-electron chi connectivity index (χ1n) is 5.80. The second kappa shape index (κ2) is 5.25. The minimum absolute atomic E-state index is 0.179. The van der Waals surface area contributed by atoms with Crippen LogP contribution < -0.4 is 5.73 Å². The van der Waals surface area contributed by atoms with Crippen LogP contribution in [0.5, 0.6) is 0 Å². The van der Waals surface area contributed by atoms with E-state index < -0.39 is 5.41 Å². The zero-order valence-corrected chi connectivity index (χ0v) is 10.4. The van der Waals surface area contributed by atoms with E-state index in [1.165, 1.54) is 0 Å². The van der Waals surface area contributed by atoms with E-state index in [9.17, 15) is 4.79 Å². The third-order valence-electron chi connectivity index (χ3n) is 3.37. The van der Waals surface area contributed by atoms with Gasteiger partial charge in [0.2, 0.25) is 0 Å². The Morgan fingerprint density at radius 3 is 2.75 bits per heavy atom. The molecule has 90 valence electrons. The second-order valence-electron chi connectivity index (χ2n) is 4.35. The number of rotatable bonds is 6. The van der Waals surface area contributed by atoms with E-state index in [4.69, 9.17) is 5.73 Å². The number of Topliss-reactive ketones (excluding diaryl/α,β-unsaturated/α-hetero) is 1. The summed E-state index contributed by atoms with van der Waals surface area (Å²) in [7, 11) is 0. The van der Waals surface area contributed by atoms with Crippen molar-refractivity contribution in [1.82, 2.24) is 9.55 Å². The highest BCUT2D eigenvalue weighted by Crippen LogP contribution is 2.22.